The topological polar surface area (TPSA) is 81.2 Å². The quantitative estimate of drug-likeness (QED) is 0.195. The van der Waals surface area contributed by atoms with Crippen LogP contribution in [0.1, 0.15) is 22.3 Å². The summed E-state index contributed by atoms with van der Waals surface area (Å²) in [5, 5.41) is 31.7. The highest BCUT2D eigenvalue weighted by Gasteiger charge is 2.40. The van der Waals surface area contributed by atoms with Crippen LogP contribution in [0.5, 0.6) is 0 Å². The number of benzene rings is 6. The number of aromatic nitrogens is 2. The molecule has 0 spiro atoms. The molecule has 0 saturated carbocycles. The number of hydrogen-bond acceptors (Lipinski definition) is 3. The van der Waals surface area contributed by atoms with Crippen molar-refractivity contribution in [2.45, 2.75) is 6.18 Å². The van der Waals surface area contributed by atoms with Crippen molar-refractivity contribution in [1.82, 2.24) is 9.13 Å². The van der Waals surface area contributed by atoms with E-state index in [9.17, 15) is 15.8 Å². The molecule has 0 amide bonds. The summed E-state index contributed by atoms with van der Waals surface area (Å²) in [5.41, 5.74) is 2.86. The van der Waals surface area contributed by atoms with Gasteiger partial charge in [0.15, 0.2) is 0 Å². The van der Waals surface area contributed by atoms with Crippen LogP contribution >= 0.6 is 0 Å². The lowest BCUT2D eigenvalue weighted by atomic mass is 9.96. The molecule has 0 radical (unpaired) electrons. The summed E-state index contributed by atoms with van der Waals surface area (Å²) in [5.74, 6) is 0. The molecule has 5 nitrogen and oxygen atoms in total. The molecule has 8 heteroatoms. The van der Waals surface area contributed by atoms with E-state index in [4.69, 9.17) is 0 Å². The summed E-state index contributed by atoms with van der Waals surface area (Å²) in [6, 6.07) is 40.5. The second-order valence-electron chi connectivity index (χ2n) is 11.4. The van der Waals surface area contributed by atoms with E-state index < -0.39 is 11.7 Å². The van der Waals surface area contributed by atoms with Gasteiger partial charge in [-0.1, -0.05) is 54.6 Å². The SMILES string of the molecule is N#Cc1cccc(-c2ccc(-n3c4ccccc4c4cc(C#N)ccc43)c(C(F)(F)F)c2-n2c3ccccc3c3cc(C#N)ccc32)c1. The monoisotopic (exact) mass is 627 g/mol. The van der Waals surface area contributed by atoms with Crippen LogP contribution in [-0.4, -0.2) is 9.13 Å². The number of nitrogens with zero attached hydrogens (tertiary/aromatic N) is 5. The van der Waals surface area contributed by atoms with Gasteiger partial charge in [0.1, 0.15) is 5.56 Å². The van der Waals surface area contributed by atoms with Crippen LogP contribution in [0, 0.1) is 34.0 Å². The Kier molecular flexibility index (Phi) is 6.34. The van der Waals surface area contributed by atoms with Crippen LogP contribution in [0.4, 0.5) is 13.2 Å². The third-order valence-electron chi connectivity index (χ3n) is 8.81. The van der Waals surface area contributed by atoms with E-state index in [2.05, 4.69) is 18.2 Å². The average Bonchev–Trinajstić information content (AvgIpc) is 3.62. The molecule has 48 heavy (non-hydrogen) atoms. The Morgan fingerprint density at radius 2 is 1.00 bits per heavy atom. The third-order valence-corrected chi connectivity index (χ3v) is 8.81. The van der Waals surface area contributed by atoms with Gasteiger partial charge in [0, 0.05) is 27.1 Å². The minimum atomic E-state index is -4.86. The Morgan fingerprint density at radius 3 is 1.58 bits per heavy atom. The zero-order valence-electron chi connectivity index (χ0n) is 24.9. The summed E-state index contributed by atoms with van der Waals surface area (Å²) in [4.78, 5) is 0. The van der Waals surface area contributed by atoms with Crippen molar-refractivity contribution in [2.75, 3.05) is 0 Å². The first-order valence-corrected chi connectivity index (χ1v) is 14.9. The molecule has 0 aliphatic rings. The van der Waals surface area contributed by atoms with Crippen molar-refractivity contribution >= 4 is 43.6 Å². The molecule has 0 N–H and O–H groups in total. The molecule has 226 valence electrons. The predicted octanol–water partition coefficient (Wildman–Crippen LogP) is 10.2. The molecule has 0 aliphatic heterocycles. The van der Waals surface area contributed by atoms with Crippen molar-refractivity contribution in [3.8, 4) is 40.7 Å². The molecule has 8 aromatic rings. The number of fused-ring (bicyclic) bond motifs is 6. The largest absolute Gasteiger partial charge is 0.420 e. The lowest BCUT2D eigenvalue weighted by Crippen LogP contribution is -2.16. The summed E-state index contributed by atoms with van der Waals surface area (Å²) in [7, 11) is 0. The minimum absolute atomic E-state index is 0.0897. The number of hydrogen-bond donors (Lipinski definition) is 0. The Morgan fingerprint density at radius 1 is 0.479 bits per heavy atom. The van der Waals surface area contributed by atoms with Gasteiger partial charge in [0.2, 0.25) is 0 Å². The zero-order chi connectivity index (χ0) is 33.2. The molecule has 8 rings (SSSR count). The van der Waals surface area contributed by atoms with E-state index in [1.54, 1.807) is 100 Å². The summed E-state index contributed by atoms with van der Waals surface area (Å²) in [6.07, 6.45) is -4.86. The van der Waals surface area contributed by atoms with Gasteiger partial charge in [0.05, 0.1) is 68.3 Å². The smallest absolute Gasteiger partial charge is 0.309 e. The van der Waals surface area contributed by atoms with Gasteiger partial charge in [-0.3, -0.25) is 0 Å². The van der Waals surface area contributed by atoms with E-state index in [1.807, 2.05) is 24.3 Å². The van der Waals surface area contributed by atoms with Gasteiger partial charge in [-0.05, 0) is 72.3 Å². The van der Waals surface area contributed by atoms with Gasteiger partial charge in [-0.15, -0.1) is 0 Å². The summed E-state index contributed by atoms with van der Waals surface area (Å²) >= 11 is 0. The van der Waals surface area contributed by atoms with E-state index in [-0.39, 0.29) is 16.9 Å². The van der Waals surface area contributed by atoms with E-state index in [1.165, 1.54) is 6.07 Å². The molecule has 0 bridgehead atoms. The summed E-state index contributed by atoms with van der Waals surface area (Å²) in [6.45, 7) is 0. The maximum absolute atomic E-state index is 16.0. The number of alkyl halides is 3. The van der Waals surface area contributed by atoms with Gasteiger partial charge in [0.25, 0.3) is 0 Å². The number of halogens is 3. The first kappa shape index (κ1) is 28.6. The Labute approximate surface area is 271 Å². The van der Waals surface area contributed by atoms with Crippen molar-refractivity contribution in [1.29, 1.82) is 15.8 Å². The molecule has 0 aliphatic carbocycles. The lowest BCUT2D eigenvalue weighted by Gasteiger charge is -2.24. The highest BCUT2D eigenvalue weighted by Crippen LogP contribution is 2.47. The highest BCUT2D eigenvalue weighted by molar-refractivity contribution is 6.12. The number of nitriles is 3. The zero-order valence-corrected chi connectivity index (χ0v) is 24.9. The van der Waals surface area contributed by atoms with Crippen molar-refractivity contribution in [3.05, 3.63) is 144 Å². The number of rotatable bonds is 3. The van der Waals surface area contributed by atoms with Crippen LogP contribution in [0.2, 0.25) is 0 Å². The van der Waals surface area contributed by atoms with Crippen molar-refractivity contribution in [3.63, 3.8) is 0 Å². The van der Waals surface area contributed by atoms with Gasteiger partial charge in [-0.2, -0.15) is 29.0 Å². The van der Waals surface area contributed by atoms with E-state index in [0.717, 1.165) is 0 Å². The standard InChI is InChI=1S/C40H20F3N5/c41-40(42,43)38-37(47-33-10-3-1-8-29(33)31-19-25(22-45)12-15-35(31)47)17-14-28(27-7-5-6-24(18-27)21-44)39(38)48-34-11-4-2-9-30(34)32-20-26(23-46)13-16-36(32)48/h1-20H. The van der Waals surface area contributed by atoms with Gasteiger partial charge in [-0.25, -0.2) is 0 Å². The molecule has 2 aromatic heterocycles. The maximum Gasteiger partial charge on any atom is 0.420 e. The Hall–Kier alpha value is -6.82. The molecule has 0 atom stereocenters. The first-order chi connectivity index (χ1) is 23.3. The molecular formula is C40H20F3N5. The van der Waals surface area contributed by atoms with Gasteiger partial charge >= 0.3 is 6.18 Å². The highest BCUT2D eigenvalue weighted by atomic mass is 19.4. The van der Waals surface area contributed by atoms with Gasteiger partial charge < -0.3 is 9.13 Å². The molecule has 0 unspecified atom stereocenters. The third kappa shape index (κ3) is 4.23. The Bertz CT molecular complexity index is 2760. The fourth-order valence-corrected chi connectivity index (χ4v) is 6.85. The Balaban J connectivity index is 1.61. The molecular weight excluding hydrogens is 607 g/mol. The minimum Gasteiger partial charge on any atom is -0.309 e. The first-order valence-electron chi connectivity index (χ1n) is 14.9. The van der Waals surface area contributed by atoms with Crippen LogP contribution in [0.15, 0.2) is 121 Å². The van der Waals surface area contributed by atoms with Crippen LogP contribution < -0.4 is 0 Å². The second kappa shape index (κ2) is 10.6. The van der Waals surface area contributed by atoms with E-state index in [0.29, 0.717) is 65.9 Å². The molecule has 6 aromatic carbocycles. The van der Waals surface area contributed by atoms with Crippen LogP contribution in [-0.2, 0) is 6.18 Å². The molecule has 0 saturated heterocycles. The molecule has 2 heterocycles. The fourth-order valence-electron chi connectivity index (χ4n) is 6.85. The van der Waals surface area contributed by atoms with Crippen LogP contribution in [0.25, 0.3) is 66.1 Å². The normalized spacial score (nSPS) is 11.6. The predicted molar refractivity (Wildman–Crippen MR) is 180 cm³/mol. The van der Waals surface area contributed by atoms with Crippen LogP contribution in [0.3, 0.4) is 0 Å². The molecule has 0 fully saturated rings. The summed E-state index contributed by atoms with van der Waals surface area (Å²) < 4.78 is 51.2. The van der Waals surface area contributed by atoms with Crippen molar-refractivity contribution in [2.24, 2.45) is 0 Å². The lowest BCUT2D eigenvalue weighted by molar-refractivity contribution is -0.137. The second-order valence-corrected chi connectivity index (χ2v) is 11.4. The number of para-hydroxylation sites is 2. The van der Waals surface area contributed by atoms with Crippen molar-refractivity contribution < 1.29 is 13.2 Å². The maximum atomic E-state index is 16.0. The average molecular weight is 628 g/mol. The van der Waals surface area contributed by atoms with E-state index >= 15 is 13.2 Å². The fraction of sp³-hybridized carbons (Fsp3) is 0.0250.